The predicted octanol–water partition coefficient (Wildman–Crippen LogP) is 1.73. The molecule has 0 heterocycles. The van der Waals surface area contributed by atoms with Gasteiger partial charge in [0.15, 0.2) is 0 Å². The molecular formula is C13H13F3N2O3. The van der Waals surface area contributed by atoms with Crippen LogP contribution in [-0.4, -0.2) is 23.6 Å². The van der Waals surface area contributed by atoms with E-state index in [2.05, 4.69) is 5.32 Å². The summed E-state index contributed by atoms with van der Waals surface area (Å²) in [5.41, 5.74) is 1.09. The van der Waals surface area contributed by atoms with Crippen molar-refractivity contribution in [3.05, 3.63) is 41.5 Å². The maximum atomic E-state index is 12.3. The van der Waals surface area contributed by atoms with Gasteiger partial charge in [0.05, 0.1) is 5.56 Å². The zero-order valence-corrected chi connectivity index (χ0v) is 10.8. The number of halogens is 3. The van der Waals surface area contributed by atoms with Gasteiger partial charge in [-0.15, -0.1) is 0 Å². The van der Waals surface area contributed by atoms with E-state index in [0.717, 1.165) is 18.2 Å². The number of carbonyl (C=O) groups excluding carboxylic acids is 2. The topological polar surface area (TPSA) is 78.4 Å². The number of hydrogen-bond donors (Lipinski definition) is 3. The molecule has 1 rings (SSSR count). The third-order valence-electron chi connectivity index (χ3n) is 2.44. The van der Waals surface area contributed by atoms with Gasteiger partial charge >= 0.3 is 6.18 Å². The lowest BCUT2D eigenvalue weighted by atomic mass is 10.1. The molecule has 5 nitrogen and oxygen atoms in total. The lowest BCUT2D eigenvalue weighted by Crippen LogP contribution is -2.28. The van der Waals surface area contributed by atoms with Crippen molar-refractivity contribution in [1.82, 2.24) is 10.8 Å². The quantitative estimate of drug-likeness (QED) is 0.440. The molecule has 1 aromatic rings. The molecule has 0 aliphatic rings. The van der Waals surface area contributed by atoms with Crippen LogP contribution in [0, 0.1) is 0 Å². The molecular weight excluding hydrogens is 289 g/mol. The monoisotopic (exact) mass is 302 g/mol. The Morgan fingerprint density at radius 2 is 1.81 bits per heavy atom. The molecule has 0 atom stereocenters. The first-order valence-corrected chi connectivity index (χ1v) is 5.89. The summed E-state index contributed by atoms with van der Waals surface area (Å²) < 4.78 is 37.0. The largest absolute Gasteiger partial charge is 0.416 e. The van der Waals surface area contributed by atoms with Crippen molar-refractivity contribution in [3.8, 4) is 0 Å². The predicted molar refractivity (Wildman–Crippen MR) is 68.0 cm³/mol. The van der Waals surface area contributed by atoms with Crippen molar-refractivity contribution >= 4 is 17.9 Å². The number of carbonyl (C=O) groups is 2. The minimum Gasteiger partial charge on any atom is -0.352 e. The van der Waals surface area contributed by atoms with E-state index in [4.69, 9.17) is 5.21 Å². The van der Waals surface area contributed by atoms with Crippen molar-refractivity contribution in [2.45, 2.75) is 12.6 Å². The molecule has 0 fully saturated rings. The summed E-state index contributed by atoms with van der Waals surface area (Å²) in [6.45, 7) is 0.0303. The minimum absolute atomic E-state index is 0.0303. The molecule has 1 aromatic carbocycles. The Hall–Kier alpha value is -2.35. The van der Waals surface area contributed by atoms with Crippen molar-refractivity contribution in [1.29, 1.82) is 0 Å². The molecule has 114 valence electrons. The maximum Gasteiger partial charge on any atom is 0.416 e. The highest BCUT2D eigenvalue weighted by molar-refractivity contribution is 5.91. The molecule has 2 amide bonds. The van der Waals surface area contributed by atoms with Crippen LogP contribution in [0.3, 0.4) is 0 Å². The number of amides is 2. The van der Waals surface area contributed by atoms with Gasteiger partial charge in [-0.3, -0.25) is 14.8 Å². The highest BCUT2D eigenvalue weighted by Crippen LogP contribution is 2.29. The Bertz CT molecular complexity index is 524. The van der Waals surface area contributed by atoms with E-state index >= 15 is 0 Å². The second-order valence-corrected chi connectivity index (χ2v) is 4.03. The smallest absolute Gasteiger partial charge is 0.352 e. The molecule has 0 saturated heterocycles. The highest BCUT2D eigenvalue weighted by Gasteiger charge is 2.29. The van der Waals surface area contributed by atoms with Crippen molar-refractivity contribution < 1.29 is 28.0 Å². The van der Waals surface area contributed by atoms with Crippen molar-refractivity contribution in [2.75, 3.05) is 6.54 Å². The first kappa shape index (κ1) is 16.7. The summed E-state index contributed by atoms with van der Waals surface area (Å²) in [5, 5.41) is 10.6. The molecule has 0 spiro atoms. The molecule has 0 saturated carbocycles. The van der Waals surface area contributed by atoms with Gasteiger partial charge in [0, 0.05) is 19.0 Å². The normalized spacial score (nSPS) is 11.4. The van der Waals surface area contributed by atoms with Gasteiger partial charge in [0.2, 0.25) is 11.8 Å². The molecule has 0 aliphatic carbocycles. The number of hydroxylamine groups is 1. The first-order chi connectivity index (χ1) is 9.82. The molecule has 0 aromatic heterocycles. The van der Waals surface area contributed by atoms with Crippen LogP contribution in [0.1, 0.15) is 17.5 Å². The van der Waals surface area contributed by atoms with Gasteiger partial charge in [-0.2, -0.15) is 13.2 Å². The summed E-state index contributed by atoms with van der Waals surface area (Å²) >= 11 is 0. The average Bonchev–Trinajstić information content (AvgIpc) is 2.44. The van der Waals surface area contributed by atoms with Crippen LogP contribution in [0.15, 0.2) is 30.3 Å². The molecule has 0 unspecified atom stereocenters. The molecule has 0 bridgehead atoms. The van der Waals surface area contributed by atoms with Crippen LogP contribution in [-0.2, 0) is 15.8 Å². The van der Waals surface area contributed by atoms with Crippen LogP contribution in [0.5, 0.6) is 0 Å². The first-order valence-electron chi connectivity index (χ1n) is 5.89. The van der Waals surface area contributed by atoms with Gasteiger partial charge < -0.3 is 5.32 Å². The second kappa shape index (κ2) is 7.44. The SMILES string of the molecule is O=C(C=Cc1ccc(C(F)(F)F)cc1)NCCC(=O)NO. The van der Waals surface area contributed by atoms with Gasteiger partial charge in [0.25, 0.3) is 0 Å². The minimum atomic E-state index is -4.40. The van der Waals surface area contributed by atoms with Crippen LogP contribution < -0.4 is 10.8 Å². The van der Waals surface area contributed by atoms with Gasteiger partial charge in [-0.1, -0.05) is 12.1 Å². The molecule has 21 heavy (non-hydrogen) atoms. The molecule has 0 radical (unpaired) electrons. The number of hydrogen-bond acceptors (Lipinski definition) is 3. The zero-order valence-electron chi connectivity index (χ0n) is 10.8. The second-order valence-electron chi connectivity index (χ2n) is 4.03. The Kier molecular flexibility index (Phi) is 5.92. The third-order valence-corrected chi connectivity index (χ3v) is 2.44. The van der Waals surface area contributed by atoms with E-state index < -0.39 is 23.6 Å². The van der Waals surface area contributed by atoms with Crippen LogP contribution in [0.2, 0.25) is 0 Å². The van der Waals surface area contributed by atoms with Crippen molar-refractivity contribution in [3.63, 3.8) is 0 Å². The van der Waals surface area contributed by atoms with Crippen LogP contribution in [0.4, 0.5) is 13.2 Å². The Morgan fingerprint density at radius 1 is 1.19 bits per heavy atom. The standard InChI is InChI=1S/C13H13F3N2O3/c14-13(15,16)10-4-1-9(2-5-10)3-6-11(19)17-8-7-12(20)18-21/h1-6,21H,7-8H2,(H,17,19)(H,18,20). The van der Waals surface area contributed by atoms with Gasteiger partial charge in [-0.05, 0) is 23.8 Å². The average molecular weight is 302 g/mol. The van der Waals surface area contributed by atoms with E-state index in [1.807, 2.05) is 0 Å². The lowest BCUT2D eigenvalue weighted by Gasteiger charge is -2.05. The summed E-state index contributed by atoms with van der Waals surface area (Å²) in [6.07, 6.45) is -2.00. The fraction of sp³-hybridized carbons (Fsp3) is 0.231. The van der Waals surface area contributed by atoms with E-state index in [-0.39, 0.29) is 13.0 Å². The highest BCUT2D eigenvalue weighted by atomic mass is 19.4. The third kappa shape index (κ3) is 6.09. The summed E-state index contributed by atoms with van der Waals surface area (Å²) in [6, 6.07) is 4.32. The fourth-order valence-electron chi connectivity index (χ4n) is 1.37. The lowest BCUT2D eigenvalue weighted by molar-refractivity contribution is -0.137. The number of alkyl halides is 3. The van der Waals surface area contributed by atoms with Crippen LogP contribution in [0.25, 0.3) is 6.08 Å². The van der Waals surface area contributed by atoms with Gasteiger partial charge in [-0.25, -0.2) is 5.48 Å². The van der Waals surface area contributed by atoms with Crippen molar-refractivity contribution in [2.24, 2.45) is 0 Å². The van der Waals surface area contributed by atoms with Gasteiger partial charge in [0.1, 0.15) is 0 Å². The number of benzene rings is 1. The molecule has 0 aliphatic heterocycles. The van der Waals surface area contributed by atoms with E-state index in [0.29, 0.717) is 5.56 Å². The maximum absolute atomic E-state index is 12.3. The zero-order chi connectivity index (χ0) is 15.9. The van der Waals surface area contributed by atoms with Crippen LogP contribution >= 0.6 is 0 Å². The Morgan fingerprint density at radius 3 is 2.33 bits per heavy atom. The van der Waals surface area contributed by atoms with E-state index in [1.165, 1.54) is 23.7 Å². The summed E-state index contributed by atoms with van der Waals surface area (Å²) in [7, 11) is 0. The Labute approximate surface area is 118 Å². The molecule has 3 N–H and O–H groups in total. The van der Waals surface area contributed by atoms with E-state index in [9.17, 15) is 22.8 Å². The number of rotatable bonds is 5. The molecule has 8 heteroatoms. The number of nitrogens with one attached hydrogen (secondary N) is 2. The summed E-state index contributed by atoms with van der Waals surface area (Å²) in [4.78, 5) is 22.0. The summed E-state index contributed by atoms with van der Waals surface area (Å²) in [5.74, 6) is -1.14. The van der Waals surface area contributed by atoms with E-state index in [1.54, 1.807) is 0 Å². The fourth-order valence-corrected chi connectivity index (χ4v) is 1.37. The Balaban J connectivity index is 2.49.